The Bertz CT molecular complexity index is 1170. The molecule has 0 aliphatic rings. The smallest absolute Gasteiger partial charge is 0.230 e. The molecule has 31 heavy (non-hydrogen) atoms. The van der Waals surface area contributed by atoms with Gasteiger partial charge in [-0.2, -0.15) is 0 Å². The summed E-state index contributed by atoms with van der Waals surface area (Å²) in [5, 5.41) is 15.1. The Morgan fingerprint density at radius 1 is 1.10 bits per heavy atom. The SMILES string of the molecule is COc1cc2c(Oc3ccc4[nH]ccc4c3)ncnc2cc1OC[C@H](O)CNC(C)C. The summed E-state index contributed by atoms with van der Waals surface area (Å²) in [6.07, 6.45) is 2.69. The van der Waals surface area contributed by atoms with Crippen molar-refractivity contribution < 1.29 is 19.3 Å². The standard InChI is InChI=1S/C23H26N4O4/c1-14(2)25-11-16(28)12-30-22-10-20-18(9-21(22)29-3)23(27-13-26-20)31-17-4-5-19-15(8-17)6-7-24-19/h4-10,13-14,16,24-25,28H,11-12H2,1-3H3/t16-/m1/s1. The van der Waals surface area contributed by atoms with Crippen LogP contribution in [0.5, 0.6) is 23.1 Å². The van der Waals surface area contributed by atoms with Crippen molar-refractivity contribution in [1.29, 1.82) is 0 Å². The minimum absolute atomic E-state index is 0.132. The highest BCUT2D eigenvalue weighted by Gasteiger charge is 2.15. The maximum atomic E-state index is 10.1. The van der Waals surface area contributed by atoms with Crippen LogP contribution < -0.4 is 19.5 Å². The molecule has 0 aliphatic carbocycles. The minimum atomic E-state index is -0.643. The van der Waals surface area contributed by atoms with Crippen LogP contribution in [0.15, 0.2) is 48.9 Å². The Morgan fingerprint density at radius 2 is 1.97 bits per heavy atom. The molecule has 0 bridgehead atoms. The fourth-order valence-corrected chi connectivity index (χ4v) is 3.22. The molecule has 1 atom stereocenters. The quantitative estimate of drug-likeness (QED) is 0.378. The zero-order valence-electron chi connectivity index (χ0n) is 17.8. The van der Waals surface area contributed by atoms with E-state index in [1.54, 1.807) is 19.2 Å². The first-order chi connectivity index (χ1) is 15.0. The number of nitrogens with one attached hydrogen (secondary N) is 2. The fourth-order valence-electron chi connectivity index (χ4n) is 3.22. The lowest BCUT2D eigenvalue weighted by Gasteiger charge is -2.17. The minimum Gasteiger partial charge on any atom is -0.493 e. The second-order valence-electron chi connectivity index (χ2n) is 7.56. The normalized spacial score (nSPS) is 12.4. The van der Waals surface area contributed by atoms with E-state index in [1.807, 2.05) is 44.3 Å². The summed E-state index contributed by atoms with van der Waals surface area (Å²) in [4.78, 5) is 11.8. The van der Waals surface area contributed by atoms with Gasteiger partial charge in [0.15, 0.2) is 11.5 Å². The monoisotopic (exact) mass is 422 g/mol. The first kappa shape index (κ1) is 20.9. The largest absolute Gasteiger partial charge is 0.493 e. The van der Waals surface area contributed by atoms with E-state index in [-0.39, 0.29) is 12.6 Å². The molecule has 0 aliphatic heterocycles. The number of hydrogen-bond acceptors (Lipinski definition) is 7. The molecule has 8 nitrogen and oxygen atoms in total. The molecule has 0 amide bonds. The lowest BCUT2D eigenvalue weighted by atomic mass is 10.2. The van der Waals surface area contributed by atoms with Crippen LogP contribution in [0.25, 0.3) is 21.8 Å². The molecular weight excluding hydrogens is 396 g/mol. The molecule has 4 aromatic rings. The molecule has 2 aromatic carbocycles. The zero-order chi connectivity index (χ0) is 21.8. The van der Waals surface area contributed by atoms with Crippen molar-refractivity contribution in [2.75, 3.05) is 20.3 Å². The summed E-state index contributed by atoms with van der Waals surface area (Å²) in [6.45, 7) is 4.62. The summed E-state index contributed by atoms with van der Waals surface area (Å²) in [5.74, 6) is 2.10. The summed E-state index contributed by atoms with van der Waals surface area (Å²) < 4.78 is 17.4. The van der Waals surface area contributed by atoms with E-state index in [0.29, 0.717) is 40.6 Å². The van der Waals surface area contributed by atoms with Crippen LogP contribution in [0, 0.1) is 0 Å². The number of methoxy groups -OCH3 is 1. The van der Waals surface area contributed by atoms with E-state index < -0.39 is 6.10 Å². The van der Waals surface area contributed by atoms with Crippen molar-refractivity contribution in [3.05, 3.63) is 48.9 Å². The summed E-state index contributed by atoms with van der Waals surface area (Å²) in [6, 6.07) is 11.6. The van der Waals surface area contributed by atoms with Gasteiger partial charge in [0.25, 0.3) is 0 Å². The number of aromatic nitrogens is 3. The molecule has 8 heteroatoms. The van der Waals surface area contributed by atoms with Crippen LogP contribution in [-0.2, 0) is 0 Å². The molecule has 2 aromatic heterocycles. The molecule has 2 heterocycles. The maximum absolute atomic E-state index is 10.1. The van der Waals surface area contributed by atoms with Gasteiger partial charge < -0.3 is 29.6 Å². The Labute approximate surface area is 180 Å². The van der Waals surface area contributed by atoms with Crippen LogP contribution in [0.1, 0.15) is 13.8 Å². The van der Waals surface area contributed by atoms with Gasteiger partial charge >= 0.3 is 0 Å². The number of nitrogens with zero attached hydrogens (tertiary/aromatic N) is 2. The highest BCUT2D eigenvalue weighted by atomic mass is 16.5. The molecule has 4 rings (SSSR count). The van der Waals surface area contributed by atoms with Crippen LogP contribution in [0.2, 0.25) is 0 Å². The molecular formula is C23H26N4O4. The summed E-state index contributed by atoms with van der Waals surface area (Å²) in [5.41, 5.74) is 1.69. The second-order valence-corrected chi connectivity index (χ2v) is 7.56. The third-order valence-electron chi connectivity index (χ3n) is 4.82. The van der Waals surface area contributed by atoms with Crippen LogP contribution in [0.3, 0.4) is 0 Å². The first-order valence-electron chi connectivity index (χ1n) is 10.2. The molecule has 0 fully saturated rings. The van der Waals surface area contributed by atoms with E-state index >= 15 is 0 Å². The topological polar surface area (TPSA) is 102 Å². The van der Waals surface area contributed by atoms with E-state index in [9.17, 15) is 5.11 Å². The molecule has 162 valence electrons. The highest BCUT2D eigenvalue weighted by molar-refractivity contribution is 5.87. The van der Waals surface area contributed by atoms with Gasteiger partial charge in [0.1, 0.15) is 24.8 Å². The number of hydrogen-bond donors (Lipinski definition) is 3. The van der Waals surface area contributed by atoms with Crippen molar-refractivity contribution in [3.63, 3.8) is 0 Å². The Morgan fingerprint density at radius 3 is 2.77 bits per heavy atom. The molecule has 3 N–H and O–H groups in total. The van der Waals surface area contributed by atoms with Gasteiger partial charge in [-0.1, -0.05) is 13.8 Å². The van der Waals surface area contributed by atoms with Gasteiger partial charge in [0, 0.05) is 35.8 Å². The average Bonchev–Trinajstić information content (AvgIpc) is 3.23. The van der Waals surface area contributed by atoms with Gasteiger partial charge in [-0.25, -0.2) is 9.97 Å². The van der Waals surface area contributed by atoms with E-state index in [0.717, 1.165) is 10.9 Å². The number of aliphatic hydroxyl groups is 1. The average molecular weight is 422 g/mol. The molecule has 0 saturated heterocycles. The lowest BCUT2D eigenvalue weighted by molar-refractivity contribution is 0.103. The number of H-pyrrole nitrogens is 1. The number of benzene rings is 2. The van der Waals surface area contributed by atoms with E-state index in [2.05, 4.69) is 20.3 Å². The van der Waals surface area contributed by atoms with Gasteiger partial charge in [-0.15, -0.1) is 0 Å². The lowest BCUT2D eigenvalue weighted by Crippen LogP contribution is -2.35. The van der Waals surface area contributed by atoms with Gasteiger partial charge in [0.05, 0.1) is 18.0 Å². The Kier molecular flexibility index (Phi) is 6.20. The van der Waals surface area contributed by atoms with Crippen molar-refractivity contribution in [3.8, 4) is 23.1 Å². The second kappa shape index (κ2) is 9.20. The van der Waals surface area contributed by atoms with Crippen LogP contribution >= 0.6 is 0 Å². The molecule has 0 radical (unpaired) electrons. The number of fused-ring (bicyclic) bond motifs is 2. The summed E-state index contributed by atoms with van der Waals surface area (Å²) >= 11 is 0. The predicted octanol–water partition coefficient (Wildman–Crippen LogP) is 3.65. The van der Waals surface area contributed by atoms with Gasteiger partial charge in [0.2, 0.25) is 5.88 Å². The number of ether oxygens (including phenoxy) is 3. The molecule has 0 saturated carbocycles. The predicted molar refractivity (Wildman–Crippen MR) is 119 cm³/mol. The zero-order valence-corrected chi connectivity index (χ0v) is 17.8. The van der Waals surface area contributed by atoms with Crippen molar-refractivity contribution in [2.45, 2.75) is 26.0 Å². The highest BCUT2D eigenvalue weighted by Crippen LogP contribution is 2.36. The summed E-state index contributed by atoms with van der Waals surface area (Å²) in [7, 11) is 1.56. The van der Waals surface area contributed by atoms with E-state index in [1.165, 1.54) is 6.33 Å². The van der Waals surface area contributed by atoms with Gasteiger partial charge in [-0.05, 0) is 30.3 Å². The maximum Gasteiger partial charge on any atom is 0.230 e. The van der Waals surface area contributed by atoms with Crippen molar-refractivity contribution in [2.24, 2.45) is 0 Å². The Hall–Kier alpha value is -3.36. The molecule has 0 spiro atoms. The first-order valence-corrected chi connectivity index (χ1v) is 10.2. The fraction of sp³-hybridized carbons (Fsp3) is 0.304. The number of rotatable bonds is 9. The van der Waals surface area contributed by atoms with E-state index in [4.69, 9.17) is 14.2 Å². The van der Waals surface area contributed by atoms with Crippen molar-refractivity contribution in [1.82, 2.24) is 20.3 Å². The Balaban J connectivity index is 1.57. The number of aromatic amines is 1. The number of aliphatic hydroxyl groups excluding tert-OH is 1. The van der Waals surface area contributed by atoms with Crippen LogP contribution in [-0.4, -0.2) is 52.5 Å². The third kappa shape index (κ3) is 4.87. The van der Waals surface area contributed by atoms with Crippen LogP contribution in [0.4, 0.5) is 0 Å². The van der Waals surface area contributed by atoms with Crippen molar-refractivity contribution >= 4 is 21.8 Å². The molecule has 0 unspecified atom stereocenters. The third-order valence-corrected chi connectivity index (χ3v) is 4.82. The van der Waals surface area contributed by atoms with Gasteiger partial charge in [-0.3, -0.25) is 0 Å².